The summed E-state index contributed by atoms with van der Waals surface area (Å²) in [5, 5.41) is 6.74. The Morgan fingerprint density at radius 3 is 2.71 bits per heavy atom. The van der Waals surface area contributed by atoms with Gasteiger partial charge in [0.1, 0.15) is 17.5 Å². The lowest BCUT2D eigenvalue weighted by molar-refractivity contribution is -0.117. The summed E-state index contributed by atoms with van der Waals surface area (Å²) < 4.78 is 11.9. The highest BCUT2D eigenvalue weighted by Gasteiger charge is 2.19. The minimum absolute atomic E-state index is 0.352. The minimum Gasteiger partial charge on any atom is -0.497 e. The van der Waals surface area contributed by atoms with Crippen molar-refractivity contribution in [2.24, 2.45) is 12.8 Å². The molecule has 1 atom stereocenters. The predicted octanol–water partition coefficient (Wildman–Crippen LogP) is 1.08. The van der Waals surface area contributed by atoms with Crippen LogP contribution < -0.4 is 20.5 Å². The van der Waals surface area contributed by atoms with Crippen LogP contribution in [0.3, 0.4) is 0 Å². The van der Waals surface area contributed by atoms with Gasteiger partial charge in [-0.15, -0.1) is 0 Å². The maximum atomic E-state index is 12.2. The van der Waals surface area contributed by atoms with Gasteiger partial charge in [0.2, 0.25) is 5.91 Å². The average molecular weight is 290 g/mol. The standard InChI is InChI=1S/C14H18N4O3/c1-18-8-9(7-16-18)13(15)14(19)17-11-6-10(20-2)4-5-12(11)21-3/h4-8,13H,15H2,1-3H3,(H,17,19). The first-order chi connectivity index (χ1) is 10.0. The van der Waals surface area contributed by atoms with E-state index in [1.807, 2.05) is 0 Å². The Balaban J connectivity index is 2.18. The first kappa shape index (κ1) is 14.9. The molecule has 1 aromatic heterocycles. The first-order valence-corrected chi connectivity index (χ1v) is 6.32. The van der Waals surface area contributed by atoms with Gasteiger partial charge in [-0.1, -0.05) is 0 Å². The fourth-order valence-electron chi connectivity index (χ4n) is 1.87. The Bertz CT molecular complexity index is 639. The van der Waals surface area contributed by atoms with Crippen LogP contribution in [0.2, 0.25) is 0 Å². The number of aromatic nitrogens is 2. The van der Waals surface area contributed by atoms with Gasteiger partial charge in [0.25, 0.3) is 0 Å². The van der Waals surface area contributed by atoms with Crippen LogP contribution in [0.25, 0.3) is 0 Å². The van der Waals surface area contributed by atoms with E-state index in [0.717, 1.165) is 0 Å². The fraction of sp³-hybridized carbons (Fsp3) is 0.286. The number of nitrogens with two attached hydrogens (primary N) is 1. The van der Waals surface area contributed by atoms with E-state index in [0.29, 0.717) is 22.7 Å². The van der Waals surface area contributed by atoms with Crippen LogP contribution in [-0.2, 0) is 11.8 Å². The van der Waals surface area contributed by atoms with Gasteiger partial charge in [-0.2, -0.15) is 5.10 Å². The van der Waals surface area contributed by atoms with Crippen molar-refractivity contribution in [3.8, 4) is 11.5 Å². The van der Waals surface area contributed by atoms with Crippen LogP contribution in [0.15, 0.2) is 30.6 Å². The summed E-state index contributed by atoms with van der Waals surface area (Å²) in [6.07, 6.45) is 3.26. The largest absolute Gasteiger partial charge is 0.497 e. The Hall–Kier alpha value is -2.54. The second kappa shape index (κ2) is 6.27. The van der Waals surface area contributed by atoms with Gasteiger partial charge in [-0.05, 0) is 12.1 Å². The van der Waals surface area contributed by atoms with E-state index in [9.17, 15) is 4.79 Å². The Morgan fingerprint density at radius 2 is 2.14 bits per heavy atom. The van der Waals surface area contributed by atoms with Gasteiger partial charge in [-0.25, -0.2) is 0 Å². The summed E-state index contributed by atoms with van der Waals surface area (Å²) in [4.78, 5) is 12.2. The molecule has 0 saturated heterocycles. The first-order valence-electron chi connectivity index (χ1n) is 6.32. The van der Waals surface area contributed by atoms with Crippen molar-refractivity contribution in [3.05, 3.63) is 36.2 Å². The number of ether oxygens (including phenoxy) is 2. The van der Waals surface area contributed by atoms with Gasteiger partial charge < -0.3 is 20.5 Å². The molecule has 7 nitrogen and oxygen atoms in total. The number of anilines is 1. The van der Waals surface area contributed by atoms with Crippen molar-refractivity contribution < 1.29 is 14.3 Å². The summed E-state index contributed by atoms with van der Waals surface area (Å²) in [6.45, 7) is 0. The van der Waals surface area contributed by atoms with Crippen molar-refractivity contribution in [1.29, 1.82) is 0 Å². The molecular weight excluding hydrogens is 272 g/mol. The molecule has 0 aliphatic rings. The second-order valence-electron chi connectivity index (χ2n) is 4.48. The lowest BCUT2D eigenvalue weighted by Gasteiger charge is -2.14. The summed E-state index contributed by atoms with van der Waals surface area (Å²) in [7, 11) is 4.84. The highest BCUT2D eigenvalue weighted by Crippen LogP contribution is 2.29. The maximum absolute atomic E-state index is 12.2. The van der Waals surface area contributed by atoms with E-state index in [4.69, 9.17) is 15.2 Å². The third-order valence-corrected chi connectivity index (χ3v) is 3.03. The normalized spacial score (nSPS) is 11.8. The maximum Gasteiger partial charge on any atom is 0.246 e. The molecule has 0 saturated carbocycles. The quantitative estimate of drug-likeness (QED) is 0.859. The molecule has 0 fully saturated rings. The molecule has 0 aliphatic carbocycles. The highest BCUT2D eigenvalue weighted by atomic mass is 16.5. The molecule has 3 N–H and O–H groups in total. The number of amides is 1. The Morgan fingerprint density at radius 1 is 1.38 bits per heavy atom. The summed E-state index contributed by atoms with van der Waals surface area (Å²) in [5.41, 5.74) is 7.06. The number of aryl methyl sites for hydroxylation is 1. The van der Waals surface area contributed by atoms with E-state index < -0.39 is 6.04 Å². The molecule has 1 heterocycles. The topological polar surface area (TPSA) is 91.4 Å². The van der Waals surface area contributed by atoms with E-state index in [-0.39, 0.29) is 5.91 Å². The Kier molecular flexibility index (Phi) is 4.44. The van der Waals surface area contributed by atoms with Crippen LogP contribution in [0, 0.1) is 0 Å². The van der Waals surface area contributed by atoms with Gasteiger partial charge in [0.15, 0.2) is 0 Å². The molecule has 1 unspecified atom stereocenters. The number of nitrogens with zero attached hydrogens (tertiary/aromatic N) is 2. The number of methoxy groups -OCH3 is 2. The van der Waals surface area contributed by atoms with E-state index in [2.05, 4.69) is 10.4 Å². The van der Waals surface area contributed by atoms with E-state index in [1.54, 1.807) is 49.4 Å². The average Bonchev–Trinajstić information content (AvgIpc) is 2.92. The number of hydrogen-bond acceptors (Lipinski definition) is 5. The molecule has 0 aliphatic heterocycles. The second-order valence-corrected chi connectivity index (χ2v) is 4.48. The monoisotopic (exact) mass is 290 g/mol. The number of rotatable bonds is 5. The van der Waals surface area contributed by atoms with E-state index >= 15 is 0 Å². The summed E-state index contributed by atoms with van der Waals surface area (Å²) in [6, 6.07) is 4.32. The fourth-order valence-corrected chi connectivity index (χ4v) is 1.87. The zero-order chi connectivity index (χ0) is 15.4. The molecule has 2 rings (SSSR count). The van der Waals surface area contributed by atoms with Crippen LogP contribution in [0.5, 0.6) is 11.5 Å². The van der Waals surface area contributed by atoms with Gasteiger partial charge in [0, 0.05) is 24.9 Å². The minimum atomic E-state index is -0.811. The molecule has 7 heteroatoms. The molecule has 112 valence electrons. The number of benzene rings is 1. The SMILES string of the molecule is COc1ccc(OC)c(NC(=O)C(N)c2cnn(C)c2)c1. The molecular formula is C14H18N4O3. The summed E-state index contributed by atoms with van der Waals surface area (Å²) in [5.74, 6) is 0.790. The molecule has 0 spiro atoms. The smallest absolute Gasteiger partial charge is 0.246 e. The molecule has 1 aromatic carbocycles. The third kappa shape index (κ3) is 3.32. The van der Waals surface area contributed by atoms with Gasteiger partial charge in [-0.3, -0.25) is 9.48 Å². The van der Waals surface area contributed by atoms with Crippen molar-refractivity contribution in [1.82, 2.24) is 9.78 Å². The van der Waals surface area contributed by atoms with Gasteiger partial charge in [0.05, 0.1) is 26.1 Å². The highest BCUT2D eigenvalue weighted by molar-refractivity contribution is 5.96. The lowest BCUT2D eigenvalue weighted by Crippen LogP contribution is -2.27. The van der Waals surface area contributed by atoms with Gasteiger partial charge >= 0.3 is 0 Å². The van der Waals surface area contributed by atoms with Crippen molar-refractivity contribution in [2.75, 3.05) is 19.5 Å². The van der Waals surface area contributed by atoms with Crippen LogP contribution in [0.4, 0.5) is 5.69 Å². The summed E-state index contributed by atoms with van der Waals surface area (Å²) >= 11 is 0. The van der Waals surface area contributed by atoms with E-state index in [1.165, 1.54) is 7.11 Å². The number of nitrogens with one attached hydrogen (secondary N) is 1. The molecule has 2 aromatic rings. The molecule has 0 bridgehead atoms. The van der Waals surface area contributed by atoms with Crippen LogP contribution >= 0.6 is 0 Å². The predicted molar refractivity (Wildman–Crippen MR) is 78.3 cm³/mol. The number of carbonyl (C=O) groups excluding carboxylic acids is 1. The van der Waals surface area contributed by atoms with Crippen LogP contribution in [0.1, 0.15) is 11.6 Å². The Labute approximate surface area is 122 Å². The van der Waals surface area contributed by atoms with Crippen LogP contribution in [-0.4, -0.2) is 29.9 Å². The molecule has 1 amide bonds. The molecule has 21 heavy (non-hydrogen) atoms. The zero-order valence-corrected chi connectivity index (χ0v) is 12.2. The van der Waals surface area contributed by atoms with Crippen molar-refractivity contribution in [2.45, 2.75) is 6.04 Å². The van der Waals surface area contributed by atoms with Crippen molar-refractivity contribution in [3.63, 3.8) is 0 Å². The molecule has 0 radical (unpaired) electrons. The zero-order valence-electron chi connectivity index (χ0n) is 12.2. The van der Waals surface area contributed by atoms with Crippen molar-refractivity contribution >= 4 is 11.6 Å². The number of carbonyl (C=O) groups is 1. The lowest BCUT2D eigenvalue weighted by atomic mass is 10.1. The third-order valence-electron chi connectivity index (χ3n) is 3.03. The number of hydrogen-bond donors (Lipinski definition) is 2.